The quantitative estimate of drug-likeness (QED) is 0.415. The first-order valence-electron chi connectivity index (χ1n) is 11.6. The summed E-state index contributed by atoms with van der Waals surface area (Å²) in [6.07, 6.45) is 6.16. The van der Waals surface area contributed by atoms with E-state index in [1.807, 2.05) is 53.0 Å². The molecule has 35 heavy (non-hydrogen) atoms. The van der Waals surface area contributed by atoms with Gasteiger partial charge in [0.1, 0.15) is 5.75 Å². The molecule has 0 bridgehead atoms. The number of carbonyl (C=O) groups excluding carboxylic acids is 2. The Labute approximate surface area is 206 Å². The third kappa shape index (κ3) is 4.23. The SMILES string of the molecule is O=COc1ccc2nccc(-n3cc4c(n3)CC(NC(=O)c3ccc5c(c3)NCCS5)CC4)c2c1. The van der Waals surface area contributed by atoms with E-state index in [1.54, 1.807) is 18.3 Å². The highest BCUT2D eigenvalue weighted by Gasteiger charge is 2.24. The van der Waals surface area contributed by atoms with Gasteiger partial charge in [-0.25, -0.2) is 4.68 Å². The van der Waals surface area contributed by atoms with Crippen molar-refractivity contribution in [2.24, 2.45) is 0 Å². The Morgan fingerprint density at radius 3 is 3.09 bits per heavy atom. The molecule has 2 aromatic heterocycles. The lowest BCUT2D eigenvalue weighted by Crippen LogP contribution is -2.38. The normalized spacial score (nSPS) is 16.6. The fraction of sp³-hybridized carbons (Fsp3) is 0.231. The number of thioether (sulfide) groups is 1. The van der Waals surface area contributed by atoms with Crippen molar-refractivity contribution in [1.82, 2.24) is 20.1 Å². The zero-order chi connectivity index (χ0) is 23.8. The predicted octanol–water partition coefficient (Wildman–Crippen LogP) is 3.76. The highest BCUT2D eigenvalue weighted by atomic mass is 32.2. The van der Waals surface area contributed by atoms with E-state index in [2.05, 4.69) is 15.6 Å². The van der Waals surface area contributed by atoms with Crippen molar-refractivity contribution < 1.29 is 14.3 Å². The smallest absolute Gasteiger partial charge is 0.298 e. The summed E-state index contributed by atoms with van der Waals surface area (Å²) in [7, 11) is 0. The third-order valence-electron chi connectivity index (χ3n) is 6.45. The Morgan fingerprint density at radius 2 is 2.17 bits per heavy atom. The molecule has 2 aromatic carbocycles. The number of ether oxygens (including phenoxy) is 1. The first-order chi connectivity index (χ1) is 17.2. The Morgan fingerprint density at radius 1 is 1.23 bits per heavy atom. The highest BCUT2D eigenvalue weighted by molar-refractivity contribution is 7.99. The van der Waals surface area contributed by atoms with Crippen LogP contribution in [0.15, 0.2) is 59.8 Å². The number of nitrogens with zero attached hydrogens (tertiary/aromatic N) is 3. The molecule has 6 rings (SSSR count). The molecule has 1 aliphatic heterocycles. The number of fused-ring (bicyclic) bond motifs is 3. The van der Waals surface area contributed by atoms with Gasteiger partial charge >= 0.3 is 0 Å². The predicted molar refractivity (Wildman–Crippen MR) is 134 cm³/mol. The maximum atomic E-state index is 13.0. The molecule has 0 saturated carbocycles. The van der Waals surface area contributed by atoms with Gasteiger partial charge in [-0.1, -0.05) is 0 Å². The number of hydrogen-bond donors (Lipinski definition) is 2. The number of aryl methyl sites for hydroxylation is 1. The van der Waals surface area contributed by atoms with Crippen LogP contribution in [0.2, 0.25) is 0 Å². The lowest BCUT2D eigenvalue weighted by atomic mass is 9.93. The van der Waals surface area contributed by atoms with Crippen molar-refractivity contribution in [2.75, 3.05) is 17.6 Å². The summed E-state index contributed by atoms with van der Waals surface area (Å²) >= 11 is 1.81. The summed E-state index contributed by atoms with van der Waals surface area (Å²) in [5.41, 5.74) is 5.51. The number of pyridine rings is 1. The minimum absolute atomic E-state index is 0.0264. The summed E-state index contributed by atoms with van der Waals surface area (Å²) in [6, 6.07) is 13.1. The van der Waals surface area contributed by atoms with Gasteiger partial charge in [-0.15, -0.1) is 11.8 Å². The van der Waals surface area contributed by atoms with Crippen molar-refractivity contribution in [3.05, 3.63) is 71.7 Å². The minimum atomic E-state index is -0.0547. The van der Waals surface area contributed by atoms with Gasteiger partial charge < -0.3 is 15.4 Å². The Bertz CT molecular complexity index is 1450. The molecule has 8 nitrogen and oxygen atoms in total. The van der Waals surface area contributed by atoms with Crippen LogP contribution < -0.4 is 15.4 Å². The first-order valence-corrected chi connectivity index (χ1v) is 12.5. The Balaban J connectivity index is 1.22. The van der Waals surface area contributed by atoms with Crippen LogP contribution in [0.1, 0.15) is 28.0 Å². The van der Waals surface area contributed by atoms with Crippen molar-refractivity contribution >= 4 is 40.7 Å². The second-order valence-corrected chi connectivity index (χ2v) is 9.80. The molecular formula is C26H23N5O3S. The third-order valence-corrected chi connectivity index (χ3v) is 7.53. The van der Waals surface area contributed by atoms with Crippen molar-refractivity contribution in [3.63, 3.8) is 0 Å². The summed E-state index contributed by atoms with van der Waals surface area (Å²) in [5, 5.41) is 12.3. The lowest BCUT2D eigenvalue weighted by molar-refractivity contribution is -0.120. The fourth-order valence-corrected chi connectivity index (χ4v) is 5.60. The number of anilines is 1. The molecule has 2 N–H and O–H groups in total. The van der Waals surface area contributed by atoms with Crippen LogP contribution in [-0.4, -0.2) is 45.5 Å². The monoisotopic (exact) mass is 485 g/mol. The van der Waals surface area contributed by atoms with E-state index >= 15 is 0 Å². The van der Waals surface area contributed by atoms with E-state index in [9.17, 15) is 9.59 Å². The number of nitrogens with one attached hydrogen (secondary N) is 2. The van der Waals surface area contributed by atoms with E-state index in [4.69, 9.17) is 9.84 Å². The second kappa shape index (κ2) is 9.07. The van der Waals surface area contributed by atoms with Gasteiger partial charge in [0, 0.05) is 58.7 Å². The average Bonchev–Trinajstić information content (AvgIpc) is 3.31. The Kier molecular flexibility index (Phi) is 5.61. The molecule has 1 atom stereocenters. The van der Waals surface area contributed by atoms with E-state index < -0.39 is 0 Å². The molecule has 0 saturated heterocycles. The van der Waals surface area contributed by atoms with Gasteiger partial charge in [0.15, 0.2) is 0 Å². The van der Waals surface area contributed by atoms with Crippen LogP contribution in [0.25, 0.3) is 16.6 Å². The summed E-state index contributed by atoms with van der Waals surface area (Å²) in [4.78, 5) is 29.3. The van der Waals surface area contributed by atoms with Crippen LogP contribution in [0.3, 0.4) is 0 Å². The molecule has 9 heteroatoms. The molecule has 0 fully saturated rings. The highest BCUT2D eigenvalue weighted by Crippen LogP contribution is 2.32. The molecule has 1 aliphatic carbocycles. The van der Waals surface area contributed by atoms with Gasteiger partial charge in [0.05, 0.1) is 16.9 Å². The molecule has 1 unspecified atom stereocenters. The zero-order valence-electron chi connectivity index (χ0n) is 18.9. The lowest BCUT2D eigenvalue weighted by Gasteiger charge is -2.23. The number of hydrogen-bond acceptors (Lipinski definition) is 7. The van der Waals surface area contributed by atoms with E-state index in [0.717, 1.165) is 53.1 Å². The van der Waals surface area contributed by atoms with Gasteiger partial charge in [0.25, 0.3) is 12.4 Å². The fourth-order valence-electron chi connectivity index (χ4n) is 4.73. The molecule has 4 aromatic rings. The first kappa shape index (κ1) is 21.7. The van der Waals surface area contributed by atoms with E-state index in [-0.39, 0.29) is 11.9 Å². The number of amides is 1. The largest absolute Gasteiger partial charge is 0.429 e. The zero-order valence-corrected chi connectivity index (χ0v) is 19.7. The van der Waals surface area contributed by atoms with Crippen molar-refractivity contribution in [2.45, 2.75) is 30.2 Å². The number of carbonyl (C=O) groups is 2. The average molecular weight is 486 g/mol. The molecule has 176 valence electrons. The molecule has 3 heterocycles. The van der Waals surface area contributed by atoms with E-state index in [0.29, 0.717) is 24.2 Å². The van der Waals surface area contributed by atoms with Crippen LogP contribution in [0.4, 0.5) is 5.69 Å². The van der Waals surface area contributed by atoms with Gasteiger partial charge in [0.2, 0.25) is 0 Å². The van der Waals surface area contributed by atoms with E-state index in [1.165, 1.54) is 10.5 Å². The summed E-state index contributed by atoms with van der Waals surface area (Å²) < 4.78 is 6.88. The molecule has 0 radical (unpaired) electrons. The summed E-state index contributed by atoms with van der Waals surface area (Å²) in [6.45, 7) is 1.33. The van der Waals surface area contributed by atoms with Gasteiger partial charge in [-0.05, 0) is 60.9 Å². The standard InChI is InChI=1S/C26H23N5O3S/c32-15-34-19-4-5-21-20(13-19)24(7-8-27-21)31-14-17-1-3-18(12-22(17)30-31)29-26(33)16-2-6-25-23(11-16)28-9-10-35-25/h2,4-8,11,13-15,18,28H,1,3,9-10,12H2,(H,29,33). The van der Waals surface area contributed by atoms with Crippen LogP contribution in [-0.2, 0) is 17.6 Å². The maximum Gasteiger partial charge on any atom is 0.298 e. The topological polar surface area (TPSA) is 98.1 Å². The maximum absolute atomic E-state index is 13.0. The van der Waals surface area contributed by atoms with Crippen molar-refractivity contribution in [1.29, 1.82) is 0 Å². The van der Waals surface area contributed by atoms with Crippen LogP contribution in [0.5, 0.6) is 5.75 Å². The minimum Gasteiger partial charge on any atom is -0.429 e. The molecular weight excluding hydrogens is 462 g/mol. The summed E-state index contributed by atoms with van der Waals surface area (Å²) in [5.74, 6) is 1.44. The Hall–Kier alpha value is -3.85. The van der Waals surface area contributed by atoms with Crippen molar-refractivity contribution in [3.8, 4) is 11.4 Å². The van der Waals surface area contributed by atoms with Gasteiger partial charge in [-0.3, -0.25) is 14.6 Å². The molecule has 1 amide bonds. The second-order valence-electron chi connectivity index (χ2n) is 8.67. The molecule has 0 spiro atoms. The molecule has 2 aliphatic rings. The number of rotatable bonds is 5. The number of benzene rings is 2. The van der Waals surface area contributed by atoms with Crippen LogP contribution in [0, 0.1) is 0 Å². The van der Waals surface area contributed by atoms with Crippen LogP contribution >= 0.6 is 11.8 Å². The number of aromatic nitrogens is 3. The van der Waals surface area contributed by atoms with Gasteiger partial charge in [-0.2, -0.15) is 5.10 Å².